The van der Waals surface area contributed by atoms with Gasteiger partial charge in [-0.3, -0.25) is 9.59 Å². The first-order valence-electron chi connectivity index (χ1n) is 9.72. The number of thioether (sulfide) groups is 1. The number of aromatic carboxylic acids is 1. The molecule has 3 rings (SSSR count). The van der Waals surface area contributed by atoms with E-state index in [2.05, 4.69) is 10.6 Å². The monoisotopic (exact) mass is 450 g/mol. The molecule has 3 aromatic carbocycles. The maximum atomic E-state index is 12.4. The van der Waals surface area contributed by atoms with E-state index in [0.717, 1.165) is 4.90 Å². The molecule has 0 spiro atoms. The first kappa shape index (κ1) is 22.9. The number of rotatable bonds is 8. The van der Waals surface area contributed by atoms with Gasteiger partial charge in [0.2, 0.25) is 5.91 Å². The van der Waals surface area contributed by atoms with Gasteiger partial charge < -0.3 is 20.5 Å². The molecule has 0 aliphatic rings. The second kappa shape index (κ2) is 10.5. The SMILES string of the molecule is COc1cccc(C(=O)Nc2ccc(SC(C)C(=O)Nc3ccc(C(=O)O)cc3)cc2)c1. The van der Waals surface area contributed by atoms with Crippen LogP contribution >= 0.6 is 11.8 Å². The van der Waals surface area contributed by atoms with Crippen LogP contribution in [0.25, 0.3) is 0 Å². The third-order valence-electron chi connectivity index (χ3n) is 4.53. The molecule has 0 saturated carbocycles. The van der Waals surface area contributed by atoms with Crippen molar-refractivity contribution in [3.05, 3.63) is 83.9 Å². The van der Waals surface area contributed by atoms with E-state index in [1.54, 1.807) is 62.6 Å². The molecule has 3 N–H and O–H groups in total. The molecule has 8 heteroatoms. The summed E-state index contributed by atoms with van der Waals surface area (Å²) in [6.07, 6.45) is 0. The topological polar surface area (TPSA) is 105 Å². The van der Waals surface area contributed by atoms with E-state index in [-0.39, 0.29) is 22.6 Å². The van der Waals surface area contributed by atoms with Crippen LogP contribution in [0.4, 0.5) is 11.4 Å². The molecule has 0 heterocycles. The molecule has 0 aromatic heterocycles. The molecule has 0 aliphatic carbocycles. The fraction of sp³-hybridized carbons (Fsp3) is 0.125. The van der Waals surface area contributed by atoms with E-state index in [4.69, 9.17) is 9.84 Å². The number of carboxylic acid groups (broad SMARTS) is 1. The molecular weight excluding hydrogens is 428 g/mol. The lowest BCUT2D eigenvalue weighted by Crippen LogP contribution is -2.22. The highest BCUT2D eigenvalue weighted by atomic mass is 32.2. The zero-order valence-electron chi connectivity index (χ0n) is 17.5. The summed E-state index contributed by atoms with van der Waals surface area (Å²) >= 11 is 1.37. The summed E-state index contributed by atoms with van der Waals surface area (Å²) in [6.45, 7) is 1.78. The molecule has 32 heavy (non-hydrogen) atoms. The van der Waals surface area contributed by atoms with E-state index >= 15 is 0 Å². The molecule has 1 unspecified atom stereocenters. The number of methoxy groups -OCH3 is 1. The fourth-order valence-corrected chi connectivity index (χ4v) is 3.65. The van der Waals surface area contributed by atoms with Crippen molar-refractivity contribution in [3.8, 4) is 5.75 Å². The second-order valence-electron chi connectivity index (χ2n) is 6.84. The van der Waals surface area contributed by atoms with E-state index < -0.39 is 5.97 Å². The minimum absolute atomic E-state index is 0.156. The fourth-order valence-electron chi connectivity index (χ4n) is 2.78. The van der Waals surface area contributed by atoms with Crippen molar-refractivity contribution in [2.24, 2.45) is 0 Å². The maximum Gasteiger partial charge on any atom is 0.335 e. The molecule has 1 atom stereocenters. The third-order valence-corrected chi connectivity index (χ3v) is 5.64. The number of benzene rings is 3. The van der Waals surface area contributed by atoms with Crippen LogP contribution in [0, 0.1) is 0 Å². The van der Waals surface area contributed by atoms with Crippen molar-refractivity contribution < 1.29 is 24.2 Å². The average Bonchev–Trinajstić information content (AvgIpc) is 2.80. The van der Waals surface area contributed by atoms with E-state index in [1.165, 1.54) is 23.9 Å². The Bertz CT molecular complexity index is 1110. The van der Waals surface area contributed by atoms with Crippen molar-refractivity contribution >= 4 is 40.9 Å². The molecule has 3 aromatic rings. The quantitative estimate of drug-likeness (QED) is 0.427. The van der Waals surface area contributed by atoms with Gasteiger partial charge in [-0.05, 0) is 73.7 Å². The van der Waals surface area contributed by atoms with E-state index in [1.807, 2.05) is 12.1 Å². The van der Waals surface area contributed by atoms with Crippen LogP contribution in [0.1, 0.15) is 27.6 Å². The molecule has 0 saturated heterocycles. The van der Waals surface area contributed by atoms with Gasteiger partial charge in [0.15, 0.2) is 0 Å². The third kappa shape index (κ3) is 6.12. The Morgan fingerprint density at radius 2 is 1.50 bits per heavy atom. The zero-order chi connectivity index (χ0) is 23.1. The number of carbonyl (C=O) groups excluding carboxylic acids is 2. The van der Waals surface area contributed by atoms with Crippen LogP contribution < -0.4 is 15.4 Å². The zero-order valence-corrected chi connectivity index (χ0v) is 18.3. The van der Waals surface area contributed by atoms with Crippen LogP contribution in [-0.4, -0.2) is 35.2 Å². The number of ether oxygens (including phenoxy) is 1. The normalized spacial score (nSPS) is 11.3. The predicted molar refractivity (Wildman–Crippen MR) is 125 cm³/mol. The van der Waals surface area contributed by atoms with Gasteiger partial charge in [0.25, 0.3) is 5.91 Å². The standard InChI is InChI=1S/C24H22N2O5S/c1-15(22(27)25-18-8-6-16(7-9-18)24(29)30)32-21-12-10-19(11-13-21)26-23(28)17-4-3-5-20(14-17)31-2/h3-15H,1-2H3,(H,25,27)(H,26,28)(H,29,30). The van der Waals surface area contributed by atoms with Gasteiger partial charge >= 0.3 is 5.97 Å². The molecule has 2 amide bonds. The number of hydrogen-bond acceptors (Lipinski definition) is 5. The number of anilines is 2. The summed E-state index contributed by atoms with van der Waals surface area (Å²) in [5, 5.41) is 14.2. The Hall–Kier alpha value is -3.78. The Labute approximate surface area is 189 Å². The average molecular weight is 451 g/mol. The highest BCUT2D eigenvalue weighted by molar-refractivity contribution is 8.00. The molecular formula is C24H22N2O5S. The van der Waals surface area contributed by atoms with Crippen LogP contribution in [0.2, 0.25) is 0 Å². The molecule has 0 radical (unpaired) electrons. The minimum atomic E-state index is -1.02. The Morgan fingerprint density at radius 3 is 2.12 bits per heavy atom. The van der Waals surface area contributed by atoms with Crippen LogP contribution in [0.3, 0.4) is 0 Å². The van der Waals surface area contributed by atoms with Gasteiger partial charge in [-0.15, -0.1) is 11.8 Å². The number of carboxylic acids is 1. The van der Waals surface area contributed by atoms with Crippen molar-refractivity contribution in [2.75, 3.05) is 17.7 Å². The predicted octanol–water partition coefficient (Wildman–Crippen LogP) is 4.77. The van der Waals surface area contributed by atoms with Crippen LogP contribution in [0.5, 0.6) is 5.75 Å². The van der Waals surface area contributed by atoms with Gasteiger partial charge in [0.05, 0.1) is 17.9 Å². The Balaban J connectivity index is 1.55. The van der Waals surface area contributed by atoms with Gasteiger partial charge in [-0.1, -0.05) is 6.07 Å². The number of carbonyl (C=O) groups is 3. The van der Waals surface area contributed by atoms with Crippen molar-refractivity contribution in [3.63, 3.8) is 0 Å². The molecule has 0 bridgehead atoms. The van der Waals surface area contributed by atoms with Gasteiger partial charge in [0.1, 0.15) is 5.75 Å². The summed E-state index contributed by atoms with van der Waals surface area (Å²) in [6, 6.07) is 20.1. The van der Waals surface area contributed by atoms with Gasteiger partial charge in [-0.2, -0.15) is 0 Å². The summed E-state index contributed by atoms with van der Waals surface area (Å²) in [4.78, 5) is 36.6. The first-order valence-corrected chi connectivity index (χ1v) is 10.6. The maximum absolute atomic E-state index is 12.4. The summed E-state index contributed by atoms with van der Waals surface area (Å²) in [5.74, 6) is -0.858. The smallest absolute Gasteiger partial charge is 0.335 e. The van der Waals surface area contributed by atoms with Crippen molar-refractivity contribution in [1.82, 2.24) is 0 Å². The van der Waals surface area contributed by atoms with Crippen LogP contribution in [-0.2, 0) is 4.79 Å². The molecule has 7 nitrogen and oxygen atoms in total. The van der Waals surface area contributed by atoms with E-state index in [9.17, 15) is 14.4 Å². The number of nitrogens with one attached hydrogen (secondary N) is 2. The largest absolute Gasteiger partial charge is 0.497 e. The molecule has 0 fully saturated rings. The summed E-state index contributed by atoms with van der Waals surface area (Å²) in [5.41, 5.74) is 1.81. The number of amides is 2. The summed E-state index contributed by atoms with van der Waals surface area (Å²) < 4.78 is 5.14. The lowest BCUT2D eigenvalue weighted by Gasteiger charge is -2.13. The highest BCUT2D eigenvalue weighted by Gasteiger charge is 2.15. The van der Waals surface area contributed by atoms with Crippen molar-refractivity contribution in [1.29, 1.82) is 0 Å². The van der Waals surface area contributed by atoms with Gasteiger partial charge in [0, 0.05) is 21.8 Å². The lowest BCUT2D eigenvalue weighted by atomic mass is 10.2. The number of hydrogen-bond donors (Lipinski definition) is 3. The second-order valence-corrected chi connectivity index (χ2v) is 8.26. The van der Waals surface area contributed by atoms with Crippen molar-refractivity contribution in [2.45, 2.75) is 17.1 Å². The lowest BCUT2D eigenvalue weighted by molar-refractivity contribution is -0.115. The summed E-state index contributed by atoms with van der Waals surface area (Å²) in [7, 11) is 1.55. The molecule has 0 aliphatic heterocycles. The minimum Gasteiger partial charge on any atom is -0.497 e. The first-order chi connectivity index (χ1) is 15.4. The highest BCUT2D eigenvalue weighted by Crippen LogP contribution is 2.26. The van der Waals surface area contributed by atoms with E-state index in [0.29, 0.717) is 22.7 Å². The van der Waals surface area contributed by atoms with Gasteiger partial charge in [-0.25, -0.2) is 4.79 Å². The van der Waals surface area contributed by atoms with Crippen LogP contribution in [0.15, 0.2) is 77.7 Å². The Morgan fingerprint density at radius 1 is 0.875 bits per heavy atom. The molecule has 164 valence electrons. The Kier molecular flexibility index (Phi) is 7.51.